The van der Waals surface area contributed by atoms with Crippen molar-refractivity contribution >= 4 is 28.6 Å². The summed E-state index contributed by atoms with van der Waals surface area (Å²) in [6.45, 7) is 8.78. The molecule has 0 aromatic carbocycles. The van der Waals surface area contributed by atoms with Gasteiger partial charge >= 0.3 is 6.01 Å². The minimum Gasteiger partial charge on any atom is -0.458 e. The molecule has 1 amide bonds. The molecule has 0 spiro atoms. The summed E-state index contributed by atoms with van der Waals surface area (Å²) in [4.78, 5) is 27.2. The number of aromatic nitrogens is 6. The topological polar surface area (TPSA) is 103 Å². The molecule has 4 heterocycles. The van der Waals surface area contributed by atoms with Crippen LogP contribution in [0.3, 0.4) is 0 Å². The number of nitrogens with one attached hydrogen (secondary N) is 1. The SMILES string of the molecule is C=CC(=O)N1CC[C@H](Oc2nc(Nc3cnn(C)c3)c3ncn(C(C)C)c3n2)C1. The Morgan fingerprint density at radius 1 is 1.41 bits per heavy atom. The van der Waals surface area contributed by atoms with Crippen molar-refractivity contribution in [1.29, 1.82) is 0 Å². The number of nitrogens with zero attached hydrogens (tertiary/aromatic N) is 7. The number of anilines is 2. The first-order chi connectivity index (χ1) is 13.9. The molecule has 0 aliphatic carbocycles. The van der Waals surface area contributed by atoms with Crippen LogP contribution in [-0.2, 0) is 11.8 Å². The molecule has 0 unspecified atom stereocenters. The molecule has 1 N–H and O–H groups in total. The number of ether oxygens (including phenoxy) is 1. The van der Waals surface area contributed by atoms with Crippen LogP contribution in [0.15, 0.2) is 31.4 Å². The van der Waals surface area contributed by atoms with Gasteiger partial charge in [-0.25, -0.2) is 4.98 Å². The largest absolute Gasteiger partial charge is 0.458 e. The predicted octanol–water partition coefficient (Wildman–Crippen LogP) is 2.05. The van der Waals surface area contributed by atoms with E-state index in [1.54, 1.807) is 22.1 Å². The summed E-state index contributed by atoms with van der Waals surface area (Å²) in [6, 6.07) is 0.436. The lowest BCUT2D eigenvalue weighted by Gasteiger charge is -2.15. The zero-order chi connectivity index (χ0) is 20.5. The number of imidazole rings is 1. The van der Waals surface area contributed by atoms with E-state index in [4.69, 9.17) is 4.74 Å². The van der Waals surface area contributed by atoms with Gasteiger partial charge in [-0.3, -0.25) is 9.48 Å². The number of carbonyl (C=O) groups excluding carboxylic acids is 1. The number of rotatable bonds is 6. The van der Waals surface area contributed by atoms with Gasteiger partial charge in [0.25, 0.3) is 0 Å². The lowest BCUT2D eigenvalue weighted by atomic mass is 10.3. The van der Waals surface area contributed by atoms with Crippen LogP contribution in [0, 0.1) is 0 Å². The van der Waals surface area contributed by atoms with Crippen LogP contribution < -0.4 is 10.1 Å². The van der Waals surface area contributed by atoms with Crippen molar-refractivity contribution in [3.8, 4) is 6.01 Å². The summed E-state index contributed by atoms with van der Waals surface area (Å²) in [5.41, 5.74) is 2.14. The van der Waals surface area contributed by atoms with E-state index in [1.807, 2.05) is 17.8 Å². The Hall–Kier alpha value is -3.43. The van der Waals surface area contributed by atoms with Crippen LogP contribution in [0.4, 0.5) is 11.5 Å². The highest BCUT2D eigenvalue weighted by Crippen LogP contribution is 2.27. The van der Waals surface area contributed by atoms with Gasteiger partial charge in [0, 0.05) is 32.3 Å². The summed E-state index contributed by atoms with van der Waals surface area (Å²) in [7, 11) is 1.85. The van der Waals surface area contributed by atoms with Gasteiger partial charge in [-0.15, -0.1) is 0 Å². The lowest BCUT2D eigenvalue weighted by Crippen LogP contribution is -2.29. The van der Waals surface area contributed by atoms with Gasteiger partial charge < -0.3 is 19.5 Å². The van der Waals surface area contributed by atoms with Crippen LogP contribution in [0.1, 0.15) is 26.3 Å². The third-order valence-corrected chi connectivity index (χ3v) is 4.83. The van der Waals surface area contributed by atoms with Gasteiger partial charge in [-0.1, -0.05) is 6.58 Å². The van der Waals surface area contributed by atoms with E-state index >= 15 is 0 Å². The molecule has 4 rings (SSSR count). The lowest BCUT2D eigenvalue weighted by molar-refractivity contribution is -0.125. The van der Waals surface area contributed by atoms with Crippen LogP contribution in [0.5, 0.6) is 6.01 Å². The van der Waals surface area contributed by atoms with Crippen molar-refractivity contribution in [3.63, 3.8) is 0 Å². The molecule has 1 aliphatic rings. The second kappa shape index (κ2) is 7.53. The Kier molecular flexibility index (Phi) is 4.91. The Balaban J connectivity index is 1.65. The highest BCUT2D eigenvalue weighted by Gasteiger charge is 2.27. The Labute approximate surface area is 168 Å². The summed E-state index contributed by atoms with van der Waals surface area (Å²) in [5.74, 6) is 0.457. The van der Waals surface area contributed by atoms with Gasteiger partial charge in [0.05, 0.1) is 24.8 Å². The fourth-order valence-electron chi connectivity index (χ4n) is 3.34. The van der Waals surface area contributed by atoms with Crippen molar-refractivity contribution in [2.45, 2.75) is 32.4 Å². The maximum absolute atomic E-state index is 11.8. The average molecular weight is 396 g/mol. The molecule has 29 heavy (non-hydrogen) atoms. The van der Waals surface area contributed by atoms with E-state index in [0.717, 1.165) is 12.1 Å². The zero-order valence-corrected chi connectivity index (χ0v) is 16.7. The van der Waals surface area contributed by atoms with Gasteiger partial charge in [0.1, 0.15) is 6.10 Å². The van der Waals surface area contributed by atoms with E-state index in [2.05, 4.69) is 45.8 Å². The monoisotopic (exact) mass is 396 g/mol. The molecule has 152 valence electrons. The Bertz CT molecular complexity index is 1050. The third-order valence-electron chi connectivity index (χ3n) is 4.83. The smallest absolute Gasteiger partial charge is 0.320 e. The van der Waals surface area contributed by atoms with Crippen molar-refractivity contribution in [3.05, 3.63) is 31.4 Å². The molecule has 1 aliphatic heterocycles. The van der Waals surface area contributed by atoms with E-state index in [9.17, 15) is 4.79 Å². The highest BCUT2D eigenvalue weighted by molar-refractivity contribution is 5.87. The number of hydrogen-bond donors (Lipinski definition) is 1. The number of fused-ring (bicyclic) bond motifs is 1. The first-order valence-corrected chi connectivity index (χ1v) is 9.53. The Morgan fingerprint density at radius 3 is 2.93 bits per heavy atom. The highest BCUT2D eigenvalue weighted by atomic mass is 16.5. The number of hydrogen-bond acceptors (Lipinski definition) is 7. The van der Waals surface area contributed by atoms with E-state index in [0.29, 0.717) is 30.1 Å². The molecule has 0 bridgehead atoms. The molecule has 3 aromatic rings. The second-order valence-corrected chi connectivity index (χ2v) is 7.32. The van der Waals surface area contributed by atoms with Crippen molar-refractivity contribution < 1.29 is 9.53 Å². The number of likely N-dealkylation sites (tertiary alicyclic amines) is 1. The molecule has 0 saturated carbocycles. The normalized spacial score (nSPS) is 16.6. The molecular weight excluding hydrogens is 372 g/mol. The van der Waals surface area contributed by atoms with Crippen molar-refractivity contribution in [1.82, 2.24) is 34.2 Å². The van der Waals surface area contributed by atoms with Crippen LogP contribution in [0.25, 0.3) is 11.2 Å². The molecular formula is C19H24N8O2. The summed E-state index contributed by atoms with van der Waals surface area (Å²) in [5, 5.41) is 7.43. The number of aryl methyl sites for hydroxylation is 1. The summed E-state index contributed by atoms with van der Waals surface area (Å²) >= 11 is 0. The van der Waals surface area contributed by atoms with Crippen LogP contribution >= 0.6 is 0 Å². The second-order valence-electron chi connectivity index (χ2n) is 7.32. The number of amides is 1. The summed E-state index contributed by atoms with van der Waals surface area (Å²) < 4.78 is 9.72. The fraction of sp³-hybridized carbons (Fsp3) is 0.421. The standard InChI is InChI=1S/C19H24N8O2/c1-5-15(28)26-7-6-14(10-26)29-19-23-17(22-13-8-21-25(4)9-13)16-18(24-19)27(11-20-16)12(2)3/h5,8-9,11-12,14H,1,6-7,10H2,2-4H3,(H,22,23,24)/t14-/m0/s1. The van der Waals surface area contributed by atoms with Crippen molar-refractivity contribution in [2.75, 3.05) is 18.4 Å². The first-order valence-electron chi connectivity index (χ1n) is 9.53. The minimum atomic E-state index is -0.169. The fourth-order valence-corrected chi connectivity index (χ4v) is 3.34. The third kappa shape index (κ3) is 3.78. The van der Waals surface area contributed by atoms with Crippen molar-refractivity contribution in [2.24, 2.45) is 7.05 Å². The molecule has 3 aromatic heterocycles. The predicted molar refractivity (Wildman–Crippen MR) is 108 cm³/mol. The maximum atomic E-state index is 11.8. The van der Waals surface area contributed by atoms with Gasteiger partial charge in [0.2, 0.25) is 5.91 Å². The number of carbonyl (C=O) groups is 1. The Morgan fingerprint density at radius 2 is 2.24 bits per heavy atom. The molecule has 10 heteroatoms. The molecule has 10 nitrogen and oxygen atoms in total. The first kappa shape index (κ1) is 18.9. The zero-order valence-electron chi connectivity index (χ0n) is 16.7. The molecule has 0 radical (unpaired) electrons. The van der Waals surface area contributed by atoms with Crippen LogP contribution in [0.2, 0.25) is 0 Å². The quantitative estimate of drug-likeness (QED) is 0.636. The van der Waals surface area contributed by atoms with E-state index in [-0.39, 0.29) is 24.1 Å². The van der Waals surface area contributed by atoms with Gasteiger partial charge in [0.15, 0.2) is 17.0 Å². The minimum absolute atomic E-state index is 0.0933. The molecule has 1 atom stereocenters. The van der Waals surface area contributed by atoms with Crippen LogP contribution in [-0.4, -0.2) is 59.3 Å². The van der Waals surface area contributed by atoms with E-state index in [1.165, 1.54) is 6.08 Å². The van der Waals surface area contributed by atoms with Gasteiger partial charge in [-0.2, -0.15) is 15.1 Å². The molecule has 1 fully saturated rings. The maximum Gasteiger partial charge on any atom is 0.320 e. The summed E-state index contributed by atoms with van der Waals surface area (Å²) in [6.07, 6.45) is 7.19. The molecule has 1 saturated heterocycles. The van der Waals surface area contributed by atoms with E-state index < -0.39 is 0 Å². The van der Waals surface area contributed by atoms with Gasteiger partial charge in [-0.05, 0) is 19.9 Å². The average Bonchev–Trinajstić information content (AvgIpc) is 3.41.